The highest BCUT2D eigenvalue weighted by Crippen LogP contribution is 2.19. The summed E-state index contributed by atoms with van der Waals surface area (Å²) in [6.07, 6.45) is 0.422. The summed E-state index contributed by atoms with van der Waals surface area (Å²) in [5.41, 5.74) is 1.91. The lowest BCUT2D eigenvalue weighted by Gasteiger charge is -2.10. The van der Waals surface area contributed by atoms with E-state index in [4.69, 9.17) is 29.1 Å². The predicted octanol–water partition coefficient (Wildman–Crippen LogP) is 4.48. The summed E-state index contributed by atoms with van der Waals surface area (Å²) in [5.74, 6) is 0.907. The first kappa shape index (κ1) is 17.6. The Labute approximate surface area is 151 Å². The van der Waals surface area contributed by atoms with E-state index in [0.29, 0.717) is 11.5 Å². The molecule has 0 saturated heterocycles. The smallest absolute Gasteiger partial charge is 0.170 e. The Morgan fingerprint density at radius 3 is 2.48 bits per heavy atom. The van der Waals surface area contributed by atoms with E-state index in [1.165, 1.54) is 4.90 Å². The average Bonchev–Trinajstić information content (AvgIpc) is 2.55. The number of benzene rings is 2. The van der Waals surface area contributed by atoms with E-state index in [1.54, 1.807) is 11.8 Å². The van der Waals surface area contributed by atoms with E-state index < -0.39 is 0 Å². The van der Waals surface area contributed by atoms with Gasteiger partial charge in [-0.25, -0.2) is 0 Å². The highest BCUT2D eigenvalue weighted by molar-refractivity contribution is 7.99. The van der Waals surface area contributed by atoms with Crippen molar-refractivity contribution < 1.29 is 0 Å². The Bertz CT molecular complexity index is 678. The van der Waals surface area contributed by atoms with Crippen LogP contribution in [0, 0.1) is 11.3 Å². The maximum atomic E-state index is 8.65. The largest absolute Gasteiger partial charge is 0.362 e. The first-order valence-corrected chi connectivity index (χ1v) is 8.83. The van der Waals surface area contributed by atoms with Gasteiger partial charge in [-0.2, -0.15) is 5.26 Å². The second-order valence-electron chi connectivity index (χ2n) is 4.72. The van der Waals surface area contributed by atoms with E-state index >= 15 is 0 Å². The summed E-state index contributed by atoms with van der Waals surface area (Å²) in [4.78, 5) is 1.18. The molecule has 0 aliphatic rings. The fourth-order valence-corrected chi connectivity index (χ4v) is 2.95. The monoisotopic (exact) mass is 361 g/mol. The van der Waals surface area contributed by atoms with Gasteiger partial charge < -0.3 is 10.6 Å². The van der Waals surface area contributed by atoms with Gasteiger partial charge in [-0.3, -0.25) is 0 Å². The minimum Gasteiger partial charge on any atom is -0.362 e. The van der Waals surface area contributed by atoms with Gasteiger partial charge in [-0.15, -0.1) is 11.8 Å². The van der Waals surface area contributed by atoms with E-state index in [9.17, 15) is 0 Å². The number of thioether (sulfide) groups is 1. The molecule has 3 nitrogen and oxygen atoms in total. The van der Waals surface area contributed by atoms with Gasteiger partial charge >= 0.3 is 0 Å². The maximum Gasteiger partial charge on any atom is 0.170 e. The van der Waals surface area contributed by atoms with Crippen LogP contribution in [0.1, 0.15) is 5.56 Å². The zero-order valence-corrected chi connectivity index (χ0v) is 14.8. The van der Waals surface area contributed by atoms with Crippen LogP contribution >= 0.6 is 35.6 Å². The van der Waals surface area contributed by atoms with Crippen molar-refractivity contribution in [1.82, 2.24) is 5.32 Å². The van der Waals surface area contributed by atoms with Gasteiger partial charge in [-0.05, 0) is 54.2 Å². The number of rotatable bonds is 6. The third kappa shape index (κ3) is 6.49. The van der Waals surface area contributed by atoms with Crippen LogP contribution in [0.25, 0.3) is 0 Å². The Morgan fingerprint density at radius 2 is 1.83 bits per heavy atom. The van der Waals surface area contributed by atoms with Crippen molar-refractivity contribution in [2.45, 2.75) is 11.3 Å². The molecule has 0 radical (unpaired) electrons. The van der Waals surface area contributed by atoms with Crippen molar-refractivity contribution in [2.75, 3.05) is 17.6 Å². The standard InChI is InChI=1S/C17H16ClN3S2/c18-14-3-7-16(8-4-14)23-12-11-20-17(22)21-15-5-1-13(2-6-15)9-10-19/h1-8H,9,11-12H2,(H2,20,21,22). The number of nitrogens with zero attached hydrogens (tertiary/aromatic N) is 1. The van der Waals surface area contributed by atoms with Crippen LogP contribution in [0.4, 0.5) is 5.69 Å². The van der Waals surface area contributed by atoms with Gasteiger partial charge in [0, 0.05) is 27.9 Å². The molecule has 0 unspecified atom stereocenters. The molecule has 2 rings (SSSR count). The number of halogens is 1. The minimum atomic E-state index is 0.422. The van der Waals surface area contributed by atoms with Crippen LogP contribution in [0.5, 0.6) is 0 Å². The zero-order valence-electron chi connectivity index (χ0n) is 12.4. The minimum absolute atomic E-state index is 0.422. The molecule has 6 heteroatoms. The van der Waals surface area contributed by atoms with Gasteiger partial charge in [0.05, 0.1) is 12.5 Å². The van der Waals surface area contributed by atoms with E-state index in [1.807, 2.05) is 48.5 Å². The van der Waals surface area contributed by atoms with Gasteiger partial charge in [0.25, 0.3) is 0 Å². The summed E-state index contributed by atoms with van der Waals surface area (Å²) in [6.45, 7) is 0.769. The summed E-state index contributed by atoms with van der Waals surface area (Å²) >= 11 is 12.9. The van der Waals surface area contributed by atoms with Gasteiger partial charge in [-0.1, -0.05) is 23.7 Å². The highest BCUT2D eigenvalue weighted by atomic mass is 35.5. The summed E-state index contributed by atoms with van der Waals surface area (Å²) in [5, 5.41) is 16.3. The fraction of sp³-hybridized carbons (Fsp3) is 0.176. The Morgan fingerprint density at radius 1 is 1.13 bits per heavy atom. The van der Waals surface area contributed by atoms with Crippen molar-refractivity contribution in [3.05, 3.63) is 59.1 Å². The number of hydrogen-bond acceptors (Lipinski definition) is 3. The molecule has 0 atom stereocenters. The molecule has 0 heterocycles. The van der Waals surface area contributed by atoms with Crippen molar-refractivity contribution in [1.29, 1.82) is 5.26 Å². The molecule has 118 valence electrons. The zero-order chi connectivity index (χ0) is 16.5. The molecule has 2 aromatic rings. The third-order valence-electron chi connectivity index (χ3n) is 2.96. The van der Waals surface area contributed by atoms with Crippen LogP contribution in [-0.2, 0) is 6.42 Å². The van der Waals surface area contributed by atoms with Gasteiger partial charge in [0.1, 0.15) is 0 Å². The number of nitriles is 1. The molecule has 0 aromatic heterocycles. The quantitative estimate of drug-likeness (QED) is 0.451. The van der Waals surface area contributed by atoms with Crippen LogP contribution in [0.15, 0.2) is 53.4 Å². The molecule has 2 aromatic carbocycles. The Hall–Kier alpha value is -1.74. The number of hydrogen-bond donors (Lipinski definition) is 2. The van der Waals surface area contributed by atoms with Crippen molar-refractivity contribution in [3.63, 3.8) is 0 Å². The van der Waals surface area contributed by atoms with Crippen LogP contribution in [0.3, 0.4) is 0 Å². The normalized spacial score (nSPS) is 9.91. The molecule has 2 N–H and O–H groups in total. The van der Waals surface area contributed by atoms with Crippen molar-refractivity contribution >= 4 is 46.4 Å². The predicted molar refractivity (Wildman–Crippen MR) is 102 cm³/mol. The van der Waals surface area contributed by atoms with E-state index in [0.717, 1.165) is 28.6 Å². The van der Waals surface area contributed by atoms with Gasteiger partial charge in [0.2, 0.25) is 0 Å². The van der Waals surface area contributed by atoms with Crippen LogP contribution in [0.2, 0.25) is 5.02 Å². The van der Waals surface area contributed by atoms with E-state index in [2.05, 4.69) is 16.7 Å². The fourth-order valence-electron chi connectivity index (χ4n) is 1.84. The number of thiocarbonyl (C=S) groups is 1. The molecular formula is C17H16ClN3S2. The van der Waals surface area contributed by atoms with E-state index in [-0.39, 0.29) is 0 Å². The highest BCUT2D eigenvalue weighted by Gasteiger charge is 1.99. The first-order valence-electron chi connectivity index (χ1n) is 7.06. The average molecular weight is 362 g/mol. The Kier molecular flexibility index (Phi) is 7.21. The van der Waals surface area contributed by atoms with Crippen molar-refractivity contribution in [3.8, 4) is 6.07 Å². The number of anilines is 1. The SMILES string of the molecule is N#CCc1ccc(NC(=S)NCCSc2ccc(Cl)cc2)cc1. The molecule has 0 fully saturated rings. The summed E-state index contributed by atoms with van der Waals surface area (Å²) in [7, 11) is 0. The molecule has 0 amide bonds. The molecule has 0 saturated carbocycles. The molecule has 23 heavy (non-hydrogen) atoms. The number of nitrogens with one attached hydrogen (secondary N) is 2. The van der Waals surface area contributed by atoms with Crippen LogP contribution in [-0.4, -0.2) is 17.4 Å². The lowest BCUT2D eigenvalue weighted by Crippen LogP contribution is -2.30. The summed E-state index contributed by atoms with van der Waals surface area (Å²) in [6, 6.07) is 17.6. The second-order valence-corrected chi connectivity index (χ2v) is 6.73. The maximum absolute atomic E-state index is 8.65. The Balaban J connectivity index is 1.68. The lowest BCUT2D eigenvalue weighted by atomic mass is 10.1. The van der Waals surface area contributed by atoms with Crippen molar-refractivity contribution in [2.24, 2.45) is 0 Å². The van der Waals surface area contributed by atoms with Gasteiger partial charge in [0.15, 0.2) is 5.11 Å². The summed E-state index contributed by atoms with van der Waals surface area (Å²) < 4.78 is 0. The molecule has 0 aliphatic heterocycles. The molecule has 0 spiro atoms. The molecule has 0 aliphatic carbocycles. The molecular weight excluding hydrogens is 346 g/mol. The third-order valence-corrected chi connectivity index (χ3v) is 4.48. The topological polar surface area (TPSA) is 47.9 Å². The first-order chi connectivity index (χ1) is 11.2. The lowest BCUT2D eigenvalue weighted by molar-refractivity contribution is 0.990. The second kappa shape index (κ2) is 9.41. The molecule has 0 bridgehead atoms. The van der Waals surface area contributed by atoms with Crippen LogP contribution < -0.4 is 10.6 Å².